The second-order valence-corrected chi connectivity index (χ2v) is 4.67. The first-order valence-corrected chi connectivity index (χ1v) is 6.29. The summed E-state index contributed by atoms with van der Waals surface area (Å²) in [5, 5.41) is 9.43. The summed E-state index contributed by atoms with van der Waals surface area (Å²) in [6, 6.07) is 6.10. The van der Waals surface area contributed by atoms with Crippen LogP contribution in [0.4, 0.5) is 5.69 Å². The van der Waals surface area contributed by atoms with E-state index in [1.54, 1.807) is 0 Å². The molecule has 0 heterocycles. The number of anilines is 1. The van der Waals surface area contributed by atoms with Crippen LogP contribution in [0.5, 0.6) is 0 Å². The molecule has 0 saturated heterocycles. The van der Waals surface area contributed by atoms with Crippen LogP contribution in [0.15, 0.2) is 18.2 Å². The van der Waals surface area contributed by atoms with Gasteiger partial charge in [-0.2, -0.15) is 0 Å². The normalized spacial score (nSPS) is 16.8. The van der Waals surface area contributed by atoms with Crippen molar-refractivity contribution in [1.82, 2.24) is 0 Å². The van der Waals surface area contributed by atoms with Crippen LogP contribution in [-0.2, 0) is 0 Å². The number of aliphatic hydroxyl groups excluding tert-OH is 1. The molecule has 0 amide bonds. The van der Waals surface area contributed by atoms with Crippen molar-refractivity contribution in [3.05, 3.63) is 29.3 Å². The van der Waals surface area contributed by atoms with Crippen molar-refractivity contribution in [2.75, 3.05) is 5.73 Å². The smallest absolute Gasteiger partial charge is 0.114 e. The summed E-state index contributed by atoms with van der Waals surface area (Å²) in [5.41, 5.74) is 8.77. The second kappa shape index (κ2) is 5.25. The molecule has 0 spiro atoms. The molecule has 1 saturated carbocycles. The Morgan fingerprint density at radius 1 is 1.47 bits per heavy atom. The minimum Gasteiger partial charge on any atom is -0.398 e. The van der Waals surface area contributed by atoms with Crippen molar-refractivity contribution in [2.24, 2.45) is 0 Å². The van der Waals surface area contributed by atoms with Crippen molar-refractivity contribution in [2.45, 2.75) is 44.6 Å². The Balaban J connectivity index is 2.21. The highest BCUT2D eigenvalue weighted by Crippen LogP contribution is 2.37. The first kappa shape index (κ1) is 12.0. The molecule has 2 rings (SSSR count). The van der Waals surface area contributed by atoms with E-state index in [0.717, 1.165) is 5.56 Å². The molecule has 1 aliphatic carbocycles. The summed E-state index contributed by atoms with van der Waals surface area (Å²) >= 11 is 0. The Kier molecular flexibility index (Phi) is 3.71. The zero-order chi connectivity index (χ0) is 12.3. The van der Waals surface area contributed by atoms with E-state index >= 15 is 0 Å². The largest absolute Gasteiger partial charge is 0.398 e. The summed E-state index contributed by atoms with van der Waals surface area (Å²) in [4.78, 5) is 0. The van der Waals surface area contributed by atoms with E-state index in [1.807, 2.05) is 13.0 Å². The van der Waals surface area contributed by atoms with Gasteiger partial charge in [0.1, 0.15) is 6.10 Å². The minimum atomic E-state index is -0.554. The molecule has 1 aliphatic rings. The van der Waals surface area contributed by atoms with Gasteiger partial charge in [-0.1, -0.05) is 31.3 Å². The molecule has 0 aromatic heterocycles. The lowest BCUT2D eigenvalue weighted by Gasteiger charge is -2.26. The molecule has 2 nitrogen and oxygen atoms in total. The van der Waals surface area contributed by atoms with Crippen LogP contribution in [0.3, 0.4) is 0 Å². The SMILES string of the molecule is CC[C@H](O)C#Cc1cc(C2CCC2)ccc1N. The molecular weight excluding hydrogens is 210 g/mol. The van der Waals surface area contributed by atoms with Gasteiger partial charge >= 0.3 is 0 Å². The van der Waals surface area contributed by atoms with Crippen molar-refractivity contribution in [3.8, 4) is 11.8 Å². The standard InChI is InChI=1S/C15H19NO/c1-2-14(17)8-6-13-10-12(7-9-15(13)16)11-4-3-5-11/h7,9-11,14,17H,2-5,16H2,1H3/t14-/m0/s1. The molecule has 1 atom stereocenters. The van der Waals surface area contributed by atoms with Gasteiger partial charge in [0.05, 0.1) is 0 Å². The molecule has 0 aliphatic heterocycles. The van der Waals surface area contributed by atoms with Gasteiger partial charge < -0.3 is 10.8 Å². The Morgan fingerprint density at radius 3 is 2.82 bits per heavy atom. The van der Waals surface area contributed by atoms with E-state index < -0.39 is 6.10 Å². The molecule has 90 valence electrons. The maximum absolute atomic E-state index is 9.43. The number of nitrogen functional groups attached to an aromatic ring is 1. The molecule has 1 aromatic carbocycles. The summed E-state index contributed by atoms with van der Waals surface area (Å²) in [7, 11) is 0. The predicted molar refractivity (Wildman–Crippen MR) is 70.6 cm³/mol. The van der Waals surface area contributed by atoms with Crippen LogP contribution < -0.4 is 5.73 Å². The van der Waals surface area contributed by atoms with Crippen molar-refractivity contribution >= 4 is 5.69 Å². The van der Waals surface area contributed by atoms with E-state index in [4.69, 9.17) is 5.73 Å². The lowest BCUT2D eigenvalue weighted by molar-refractivity contribution is 0.228. The van der Waals surface area contributed by atoms with Gasteiger partial charge in [-0.25, -0.2) is 0 Å². The average molecular weight is 229 g/mol. The maximum atomic E-state index is 9.43. The third-order valence-electron chi connectivity index (χ3n) is 3.41. The number of hydrogen-bond acceptors (Lipinski definition) is 2. The lowest BCUT2D eigenvalue weighted by Crippen LogP contribution is -2.09. The van der Waals surface area contributed by atoms with Gasteiger partial charge in [0.25, 0.3) is 0 Å². The fraction of sp³-hybridized carbons (Fsp3) is 0.467. The zero-order valence-corrected chi connectivity index (χ0v) is 10.2. The summed E-state index contributed by atoms with van der Waals surface area (Å²) in [6.45, 7) is 1.91. The molecule has 3 N–H and O–H groups in total. The third kappa shape index (κ3) is 2.81. The van der Waals surface area contributed by atoms with Crippen molar-refractivity contribution in [3.63, 3.8) is 0 Å². The van der Waals surface area contributed by atoms with Gasteiger partial charge in [-0.05, 0) is 42.9 Å². The van der Waals surface area contributed by atoms with E-state index in [0.29, 0.717) is 18.0 Å². The zero-order valence-electron chi connectivity index (χ0n) is 10.2. The van der Waals surface area contributed by atoms with E-state index in [9.17, 15) is 5.11 Å². The van der Waals surface area contributed by atoms with E-state index in [-0.39, 0.29) is 0 Å². The topological polar surface area (TPSA) is 46.2 Å². The van der Waals surface area contributed by atoms with Crippen LogP contribution in [-0.4, -0.2) is 11.2 Å². The Hall–Kier alpha value is -1.46. The summed E-state index contributed by atoms with van der Waals surface area (Å²) in [5.74, 6) is 6.49. The van der Waals surface area contributed by atoms with E-state index in [1.165, 1.54) is 24.8 Å². The maximum Gasteiger partial charge on any atom is 0.114 e. The van der Waals surface area contributed by atoms with Crippen LogP contribution in [0.25, 0.3) is 0 Å². The summed E-state index contributed by atoms with van der Waals surface area (Å²) in [6.07, 6.45) is 3.96. The Bertz CT molecular complexity index is 452. The van der Waals surface area contributed by atoms with Crippen molar-refractivity contribution < 1.29 is 5.11 Å². The van der Waals surface area contributed by atoms with Gasteiger partial charge in [-0.15, -0.1) is 0 Å². The first-order valence-electron chi connectivity index (χ1n) is 6.29. The highest BCUT2D eigenvalue weighted by Gasteiger charge is 2.19. The fourth-order valence-corrected chi connectivity index (χ4v) is 1.94. The summed E-state index contributed by atoms with van der Waals surface area (Å²) < 4.78 is 0. The lowest BCUT2D eigenvalue weighted by atomic mass is 9.79. The molecule has 0 unspecified atom stereocenters. The van der Waals surface area contributed by atoms with Gasteiger partial charge in [-0.3, -0.25) is 0 Å². The molecule has 1 aromatic rings. The van der Waals surface area contributed by atoms with Crippen LogP contribution in [0.1, 0.15) is 49.7 Å². The first-order chi connectivity index (χ1) is 8.20. The quantitative estimate of drug-likeness (QED) is 0.605. The highest BCUT2D eigenvalue weighted by atomic mass is 16.3. The second-order valence-electron chi connectivity index (χ2n) is 4.67. The Labute approximate surface area is 103 Å². The average Bonchev–Trinajstić information content (AvgIpc) is 2.27. The fourth-order valence-electron chi connectivity index (χ4n) is 1.94. The molecular formula is C15H19NO. The minimum absolute atomic E-state index is 0.554. The van der Waals surface area contributed by atoms with Crippen LogP contribution >= 0.6 is 0 Å². The molecule has 17 heavy (non-hydrogen) atoms. The molecule has 0 radical (unpaired) electrons. The predicted octanol–water partition coefficient (Wildman–Crippen LogP) is 2.66. The Morgan fingerprint density at radius 2 is 2.24 bits per heavy atom. The molecule has 1 fully saturated rings. The van der Waals surface area contributed by atoms with Crippen molar-refractivity contribution in [1.29, 1.82) is 0 Å². The number of hydrogen-bond donors (Lipinski definition) is 2. The number of rotatable bonds is 2. The molecule has 0 bridgehead atoms. The number of nitrogens with two attached hydrogens (primary N) is 1. The van der Waals surface area contributed by atoms with Gasteiger partial charge in [0, 0.05) is 11.3 Å². The monoisotopic (exact) mass is 229 g/mol. The molecule has 2 heteroatoms. The third-order valence-corrected chi connectivity index (χ3v) is 3.41. The van der Waals surface area contributed by atoms with Gasteiger partial charge in [0.15, 0.2) is 0 Å². The van der Waals surface area contributed by atoms with Crippen LogP contribution in [0.2, 0.25) is 0 Å². The highest BCUT2D eigenvalue weighted by molar-refractivity contribution is 5.57. The van der Waals surface area contributed by atoms with Gasteiger partial charge in [0.2, 0.25) is 0 Å². The number of aliphatic hydroxyl groups is 1. The van der Waals surface area contributed by atoms with E-state index in [2.05, 4.69) is 24.0 Å². The van der Waals surface area contributed by atoms with Crippen LogP contribution in [0, 0.1) is 11.8 Å². The number of benzene rings is 1.